The van der Waals surface area contributed by atoms with Crippen molar-refractivity contribution in [1.82, 2.24) is 20.5 Å². The van der Waals surface area contributed by atoms with E-state index in [9.17, 15) is 26.4 Å². The standard InChI is InChI=1S/C18H15F3N4O4S/c1-29-13-6-2-11(3-7-13)16-23-15(24-25-16)10-22-17(26)12-4-8-14(9-5-12)30(27,28)18(19,20)21/h2-9H,10H2,1H3,(H,22,26)(H,23,24,25). The van der Waals surface area contributed by atoms with Gasteiger partial charge in [0, 0.05) is 11.1 Å². The maximum Gasteiger partial charge on any atom is 0.501 e. The summed E-state index contributed by atoms with van der Waals surface area (Å²) in [5, 5.41) is 9.25. The van der Waals surface area contributed by atoms with Gasteiger partial charge in [0.15, 0.2) is 5.82 Å². The highest BCUT2D eigenvalue weighted by atomic mass is 32.2. The average molecular weight is 440 g/mol. The molecule has 0 radical (unpaired) electrons. The van der Waals surface area contributed by atoms with Crippen LogP contribution in [0.3, 0.4) is 0 Å². The Kier molecular flexibility index (Phi) is 5.78. The van der Waals surface area contributed by atoms with Gasteiger partial charge in [0.05, 0.1) is 18.6 Å². The van der Waals surface area contributed by atoms with Gasteiger partial charge in [0.25, 0.3) is 15.7 Å². The van der Waals surface area contributed by atoms with Crippen molar-refractivity contribution in [3.05, 3.63) is 59.9 Å². The molecule has 1 amide bonds. The Balaban J connectivity index is 1.64. The molecule has 0 spiro atoms. The van der Waals surface area contributed by atoms with Crippen LogP contribution in [0.2, 0.25) is 0 Å². The molecule has 158 valence electrons. The van der Waals surface area contributed by atoms with Crippen molar-refractivity contribution < 1.29 is 31.1 Å². The predicted molar refractivity (Wildman–Crippen MR) is 99.2 cm³/mol. The van der Waals surface area contributed by atoms with E-state index in [1.54, 1.807) is 31.4 Å². The molecule has 3 rings (SSSR count). The Bertz CT molecular complexity index is 1140. The number of sulfone groups is 1. The zero-order chi connectivity index (χ0) is 21.9. The number of halogens is 3. The topological polar surface area (TPSA) is 114 Å². The molecule has 12 heteroatoms. The molecule has 0 fully saturated rings. The van der Waals surface area contributed by atoms with Crippen molar-refractivity contribution in [2.75, 3.05) is 7.11 Å². The van der Waals surface area contributed by atoms with Crippen molar-refractivity contribution in [3.8, 4) is 17.1 Å². The largest absolute Gasteiger partial charge is 0.501 e. The second-order valence-electron chi connectivity index (χ2n) is 5.99. The maximum atomic E-state index is 12.6. The van der Waals surface area contributed by atoms with Crippen molar-refractivity contribution in [2.24, 2.45) is 0 Å². The Morgan fingerprint density at radius 2 is 1.73 bits per heavy atom. The van der Waals surface area contributed by atoms with Crippen LogP contribution in [-0.2, 0) is 16.4 Å². The summed E-state index contributed by atoms with van der Waals surface area (Å²) in [6.45, 7) is -0.0232. The minimum atomic E-state index is -5.47. The maximum absolute atomic E-state index is 12.6. The van der Waals surface area contributed by atoms with E-state index >= 15 is 0 Å². The van der Waals surface area contributed by atoms with E-state index in [0.717, 1.165) is 29.8 Å². The number of hydrogen-bond donors (Lipinski definition) is 2. The number of carbonyl (C=O) groups is 1. The van der Waals surface area contributed by atoms with Crippen LogP contribution in [0.4, 0.5) is 13.2 Å². The molecule has 8 nitrogen and oxygen atoms in total. The molecular weight excluding hydrogens is 425 g/mol. The van der Waals surface area contributed by atoms with Crippen molar-refractivity contribution in [1.29, 1.82) is 0 Å². The Labute approximate surface area is 169 Å². The lowest BCUT2D eigenvalue weighted by Gasteiger charge is -2.08. The average Bonchev–Trinajstić information content (AvgIpc) is 3.20. The molecule has 0 aliphatic carbocycles. The number of hydrogen-bond acceptors (Lipinski definition) is 6. The van der Waals surface area contributed by atoms with Crippen LogP contribution in [0.1, 0.15) is 16.2 Å². The number of aromatic nitrogens is 3. The van der Waals surface area contributed by atoms with Gasteiger partial charge in [-0.05, 0) is 48.5 Å². The second-order valence-corrected chi connectivity index (χ2v) is 7.93. The summed E-state index contributed by atoms with van der Waals surface area (Å²) in [5.74, 6) is 0.818. The highest BCUT2D eigenvalue weighted by Crippen LogP contribution is 2.30. The first-order valence-electron chi connectivity index (χ1n) is 8.37. The molecule has 2 aromatic carbocycles. The lowest BCUT2D eigenvalue weighted by atomic mass is 10.2. The number of nitrogens with one attached hydrogen (secondary N) is 2. The molecule has 30 heavy (non-hydrogen) atoms. The lowest BCUT2D eigenvalue weighted by molar-refractivity contribution is -0.0436. The quantitative estimate of drug-likeness (QED) is 0.609. The van der Waals surface area contributed by atoms with Gasteiger partial charge < -0.3 is 10.1 Å². The number of ether oxygens (including phenoxy) is 1. The van der Waals surface area contributed by atoms with E-state index in [0.29, 0.717) is 17.4 Å². The molecule has 2 N–H and O–H groups in total. The first-order chi connectivity index (χ1) is 14.1. The van der Waals surface area contributed by atoms with Crippen LogP contribution >= 0.6 is 0 Å². The van der Waals surface area contributed by atoms with E-state index < -0.39 is 26.1 Å². The van der Waals surface area contributed by atoms with E-state index in [2.05, 4.69) is 20.5 Å². The van der Waals surface area contributed by atoms with Crippen molar-refractivity contribution >= 4 is 15.7 Å². The number of aromatic amines is 1. The molecule has 0 aliphatic heterocycles. The fourth-order valence-corrected chi connectivity index (χ4v) is 3.19. The van der Waals surface area contributed by atoms with Crippen LogP contribution in [-0.4, -0.2) is 42.1 Å². The van der Waals surface area contributed by atoms with Gasteiger partial charge in [-0.2, -0.15) is 18.3 Å². The number of nitrogens with zero attached hydrogens (tertiary/aromatic N) is 2. The van der Waals surface area contributed by atoms with E-state index in [1.807, 2.05) is 0 Å². The van der Waals surface area contributed by atoms with Gasteiger partial charge in [0.1, 0.15) is 11.6 Å². The van der Waals surface area contributed by atoms with Crippen LogP contribution in [0, 0.1) is 0 Å². The fourth-order valence-electron chi connectivity index (χ4n) is 2.43. The number of H-pyrrole nitrogens is 1. The summed E-state index contributed by atoms with van der Waals surface area (Å²) in [5.41, 5.74) is -4.69. The normalized spacial score (nSPS) is 11.9. The van der Waals surface area contributed by atoms with Gasteiger partial charge in [0.2, 0.25) is 0 Å². The third-order valence-corrected chi connectivity index (χ3v) is 5.53. The molecule has 0 atom stereocenters. The molecule has 1 heterocycles. The summed E-state index contributed by atoms with van der Waals surface area (Å²) in [7, 11) is -3.92. The molecule has 0 bridgehead atoms. The van der Waals surface area contributed by atoms with Gasteiger partial charge in [-0.1, -0.05) is 0 Å². The number of benzene rings is 2. The Morgan fingerprint density at radius 1 is 1.10 bits per heavy atom. The van der Waals surface area contributed by atoms with Crippen LogP contribution in [0.15, 0.2) is 53.4 Å². The van der Waals surface area contributed by atoms with Gasteiger partial charge in [-0.3, -0.25) is 9.89 Å². The fraction of sp³-hybridized carbons (Fsp3) is 0.167. The zero-order valence-electron chi connectivity index (χ0n) is 15.4. The molecule has 0 unspecified atom stereocenters. The summed E-state index contributed by atoms with van der Waals surface area (Å²) < 4.78 is 65.5. The number of methoxy groups -OCH3 is 1. The molecule has 1 aromatic heterocycles. The zero-order valence-corrected chi connectivity index (χ0v) is 16.2. The number of amides is 1. The van der Waals surface area contributed by atoms with E-state index in [-0.39, 0.29) is 12.1 Å². The van der Waals surface area contributed by atoms with Gasteiger partial charge >= 0.3 is 5.51 Å². The van der Waals surface area contributed by atoms with Crippen LogP contribution in [0.25, 0.3) is 11.4 Å². The molecule has 0 saturated heterocycles. The highest BCUT2D eigenvalue weighted by molar-refractivity contribution is 7.92. The van der Waals surface area contributed by atoms with Crippen LogP contribution in [0.5, 0.6) is 5.75 Å². The van der Waals surface area contributed by atoms with Crippen molar-refractivity contribution in [3.63, 3.8) is 0 Å². The predicted octanol–water partition coefficient (Wildman–Crippen LogP) is 2.70. The summed E-state index contributed by atoms with van der Waals surface area (Å²) in [4.78, 5) is 15.5. The minimum Gasteiger partial charge on any atom is -0.497 e. The lowest BCUT2D eigenvalue weighted by Crippen LogP contribution is -2.25. The summed E-state index contributed by atoms with van der Waals surface area (Å²) in [6.07, 6.45) is 0. The first kappa shape index (κ1) is 21.3. The number of rotatable bonds is 6. The summed E-state index contributed by atoms with van der Waals surface area (Å²) in [6, 6.07) is 10.5. The highest BCUT2D eigenvalue weighted by Gasteiger charge is 2.46. The van der Waals surface area contributed by atoms with Gasteiger partial charge in [-0.15, -0.1) is 0 Å². The Hall–Kier alpha value is -3.41. The Morgan fingerprint density at radius 3 is 2.30 bits per heavy atom. The molecular formula is C18H15F3N4O4S. The van der Waals surface area contributed by atoms with Crippen LogP contribution < -0.4 is 10.1 Å². The van der Waals surface area contributed by atoms with E-state index in [4.69, 9.17) is 4.74 Å². The monoisotopic (exact) mass is 440 g/mol. The second kappa shape index (κ2) is 8.14. The third-order valence-electron chi connectivity index (χ3n) is 4.03. The van der Waals surface area contributed by atoms with E-state index in [1.165, 1.54) is 0 Å². The SMILES string of the molecule is COc1ccc(-c2n[nH]c(CNC(=O)c3ccc(S(=O)(=O)C(F)(F)F)cc3)n2)cc1. The smallest absolute Gasteiger partial charge is 0.497 e. The van der Waals surface area contributed by atoms with Crippen molar-refractivity contribution in [2.45, 2.75) is 16.9 Å². The minimum absolute atomic E-state index is 0.00832. The molecule has 0 aliphatic rings. The summed E-state index contributed by atoms with van der Waals surface area (Å²) >= 11 is 0. The molecule has 3 aromatic rings. The van der Waals surface area contributed by atoms with Gasteiger partial charge in [-0.25, -0.2) is 13.4 Å². The first-order valence-corrected chi connectivity index (χ1v) is 9.85. The molecule has 0 saturated carbocycles. The third kappa shape index (κ3) is 4.43. The number of carbonyl (C=O) groups excluding carboxylic acids is 1. The number of alkyl halides is 3.